The standard InChI is InChI=1S/C22H29NO2/c1-14-9-17(24)12-22-7-8-23(13-15-3-4-15)20(21(14)22)10-16-5-6-18(25-2)11-19(16)22/h5-6,11,14-15,20-21H,3-4,7-10,12-13H2,1-2H3/t14?,20-,21+,22-/m1/s1. The van der Waals surface area contributed by atoms with E-state index in [4.69, 9.17) is 4.74 Å². The van der Waals surface area contributed by atoms with Gasteiger partial charge in [0.25, 0.3) is 0 Å². The third kappa shape index (κ3) is 2.38. The van der Waals surface area contributed by atoms with Crippen LogP contribution in [0.2, 0.25) is 0 Å². The fourth-order valence-electron chi connectivity index (χ4n) is 6.38. The van der Waals surface area contributed by atoms with E-state index in [9.17, 15) is 4.79 Å². The smallest absolute Gasteiger partial charge is 0.134 e. The molecule has 1 aromatic rings. The topological polar surface area (TPSA) is 29.5 Å². The van der Waals surface area contributed by atoms with E-state index in [1.165, 1.54) is 30.5 Å². The second-order valence-corrected chi connectivity index (χ2v) is 9.06. The first-order valence-electron chi connectivity index (χ1n) is 10.0. The van der Waals surface area contributed by atoms with Gasteiger partial charge in [-0.25, -0.2) is 0 Å². The average molecular weight is 339 g/mol. The van der Waals surface area contributed by atoms with Gasteiger partial charge in [-0.15, -0.1) is 0 Å². The minimum atomic E-state index is 0.0571. The van der Waals surface area contributed by atoms with Crippen LogP contribution in [0.15, 0.2) is 18.2 Å². The third-order valence-electron chi connectivity index (χ3n) is 7.51. The van der Waals surface area contributed by atoms with E-state index in [0.29, 0.717) is 23.7 Å². The molecule has 5 rings (SSSR count). The summed E-state index contributed by atoms with van der Waals surface area (Å²) < 4.78 is 5.53. The van der Waals surface area contributed by atoms with Crippen LogP contribution in [0.4, 0.5) is 0 Å². The first-order chi connectivity index (χ1) is 12.1. The Morgan fingerprint density at radius 1 is 1.28 bits per heavy atom. The second kappa shape index (κ2) is 5.57. The molecule has 0 spiro atoms. The van der Waals surface area contributed by atoms with Crippen LogP contribution in [0.3, 0.4) is 0 Å². The molecule has 1 aromatic carbocycles. The highest BCUT2D eigenvalue weighted by Crippen LogP contribution is 2.57. The number of fused-ring (bicyclic) bond motifs is 1. The summed E-state index contributed by atoms with van der Waals surface area (Å²) in [6, 6.07) is 7.24. The number of carbonyl (C=O) groups excluding carboxylic acids is 1. The lowest BCUT2D eigenvalue weighted by Gasteiger charge is -2.60. The first kappa shape index (κ1) is 15.9. The SMILES string of the molecule is COc1ccc2c(c1)[C@]13CCN(CC4CC4)[C@H](C2)[C@@H]1C(C)CC(=O)C3. The number of ketones is 1. The summed E-state index contributed by atoms with van der Waals surface area (Å²) in [5.41, 5.74) is 2.95. The number of likely N-dealkylation sites (tertiary alicyclic amines) is 1. The zero-order valence-corrected chi connectivity index (χ0v) is 15.5. The molecule has 1 heterocycles. The Morgan fingerprint density at radius 2 is 2.12 bits per heavy atom. The van der Waals surface area contributed by atoms with Gasteiger partial charge in [0.2, 0.25) is 0 Å². The number of piperidine rings is 1. The predicted octanol–water partition coefficient (Wildman–Crippen LogP) is 3.59. The van der Waals surface area contributed by atoms with E-state index >= 15 is 0 Å². The van der Waals surface area contributed by atoms with Gasteiger partial charge in [-0.2, -0.15) is 0 Å². The Kier molecular flexibility index (Phi) is 3.54. The van der Waals surface area contributed by atoms with Crippen LogP contribution < -0.4 is 4.74 Å². The van der Waals surface area contributed by atoms with Crippen LogP contribution in [0.1, 0.15) is 50.2 Å². The van der Waals surface area contributed by atoms with Gasteiger partial charge in [-0.3, -0.25) is 9.69 Å². The summed E-state index contributed by atoms with van der Waals surface area (Å²) in [7, 11) is 1.75. The molecule has 0 N–H and O–H groups in total. The molecule has 2 saturated carbocycles. The number of rotatable bonds is 3. The lowest BCUT2D eigenvalue weighted by molar-refractivity contribution is -0.131. The van der Waals surface area contributed by atoms with E-state index in [1.807, 2.05) is 0 Å². The number of nitrogens with zero attached hydrogens (tertiary/aromatic N) is 1. The van der Waals surface area contributed by atoms with Gasteiger partial charge in [0, 0.05) is 30.8 Å². The maximum atomic E-state index is 12.6. The molecule has 4 aliphatic rings. The highest BCUT2D eigenvalue weighted by Gasteiger charge is 2.58. The number of ether oxygens (including phenoxy) is 1. The average Bonchev–Trinajstić information content (AvgIpc) is 3.40. The van der Waals surface area contributed by atoms with Crippen LogP contribution in [0, 0.1) is 17.8 Å². The Labute approximate surface area is 150 Å². The van der Waals surface area contributed by atoms with Gasteiger partial charge in [0.1, 0.15) is 11.5 Å². The lowest BCUT2D eigenvalue weighted by atomic mass is 9.49. The number of Topliss-reactive ketones (excluding diaryl/α,β-unsaturated/α-hetero) is 1. The first-order valence-corrected chi connectivity index (χ1v) is 10.0. The maximum absolute atomic E-state index is 12.6. The summed E-state index contributed by atoms with van der Waals surface area (Å²) in [5, 5.41) is 0. The minimum absolute atomic E-state index is 0.0571. The monoisotopic (exact) mass is 339 g/mol. The number of benzene rings is 1. The van der Waals surface area contributed by atoms with Gasteiger partial charge < -0.3 is 4.74 Å². The second-order valence-electron chi connectivity index (χ2n) is 9.06. The zero-order valence-electron chi connectivity index (χ0n) is 15.5. The summed E-state index contributed by atoms with van der Waals surface area (Å²) in [4.78, 5) is 15.4. The highest BCUT2D eigenvalue weighted by atomic mass is 16.5. The lowest BCUT2D eigenvalue weighted by Crippen LogP contribution is -2.64. The fraction of sp³-hybridized carbons (Fsp3) is 0.682. The van der Waals surface area contributed by atoms with E-state index in [2.05, 4.69) is 30.0 Å². The number of methoxy groups -OCH3 is 1. The Hall–Kier alpha value is -1.35. The van der Waals surface area contributed by atoms with Crippen molar-refractivity contribution in [2.45, 2.75) is 56.9 Å². The van der Waals surface area contributed by atoms with Crippen molar-refractivity contribution in [3.8, 4) is 5.75 Å². The molecule has 25 heavy (non-hydrogen) atoms. The normalized spacial score (nSPS) is 37.4. The molecule has 4 atom stereocenters. The Morgan fingerprint density at radius 3 is 2.88 bits per heavy atom. The molecule has 0 radical (unpaired) electrons. The molecule has 2 bridgehead atoms. The van der Waals surface area contributed by atoms with Crippen molar-refractivity contribution in [3.63, 3.8) is 0 Å². The summed E-state index contributed by atoms with van der Waals surface area (Å²) in [6.07, 6.45) is 6.64. The van der Waals surface area contributed by atoms with E-state index < -0.39 is 0 Å². The van der Waals surface area contributed by atoms with Crippen molar-refractivity contribution < 1.29 is 9.53 Å². The molecule has 1 unspecified atom stereocenters. The van der Waals surface area contributed by atoms with Crippen LogP contribution in [-0.2, 0) is 16.6 Å². The zero-order chi connectivity index (χ0) is 17.2. The fourth-order valence-corrected chi connectivity index (χ4v) is 6.38. The summed E-state index contributed by atoms with van der Waals surface area (Å²) in [6.45, 7) is 4.77. The van der Waals surface area contributed by atoms with Crippen molar-refractivity contribution >= 4 is 5.78 Å². The van der Waals surface area contributed by atoms with Gasteiger partial charge in [0.15, 0.2) is 0 Å². The van der Waals surface area contributed by atoms with Crippen molar-refractivity contribution in [1.29, 1.82) is 0 Å². The van der Waals surface area contributed by atoms with E-state index in [-0.39, 0.29) is 5.41 Å². The van der Waals surface area contributed by atoms with Crippen molar-refractivity contribution in [3.05, 3.63) is 29.3 Å². The number of carbonyl (C=O) groups is 1. The number of hydrogen-bond acceptors (Lipinski definition) is 3. The molecule has 1 aliphatic heterocycles. The Bertz CT molecular complexity index is 710. The predicted molar refractivity (Wildman–Crippen MR) is 98.0 cm³/mol. The molecule has 3 nitrogen and oxygen atoms in total. The summed E-state index contributed by atoms with van der Waals surface area (Å²) in [5.74, 6) is 3.46. The van der Waals surface area contributed by atoms with Crippen molar-refractivity contribution in [1.82, 2.24) is 4.90 Å². The third-order valence-corrected chi connectivity index (χ3v) is 7.51. The highest BCUT2D eigenvalue weighted by molar-refractivity contribution is 5.82. The van der Waals surface area contributed by atoms with Gasteiger partial charge >= 0.3 is 0 Å². The minimum Gasteiger partial charge on any atom is -0.497 e. The molecular formula is C22H29NO2. The molecular weight excluding hydrogens is 310 g/mol. The van der Waals surface area contributed by atoms with Crippen molar-refractivity contribution in [2.75, 3.05) is 20.2 Å². The van der Waals surface area contributed by atoms with Crippen LogP contribution in [-0.4, -0.2) is 36.9 Å². The van der Waals surface area contributed by atoms with Gasteiger partial charge in [-0.05, 0) is 73.2 Å². The molecule has 0 aromatic heterocycles. The van der Waals surface area contributed by atoms with E-state index in [0.717, 1.165) is 43.9 Å². The molecule has 3 aliphatic carbocycles. The molecule has 0 amide bonds. The quantitative estimate of drug-likeness (QED) is 0.843. The Balaban J connectivity index is 1.62. The number of hydrogen-bond donors (Lipinski definition) is 0. The summed E-state index contributed by atoms with van der Waals surface area (Å²) >= 11 is 0. The van der Waals surface area contributed by atoms with Crippen LogP contribution >= 0.6 is 0 Å². The van der Waals surface area contributed by atoms with Gasteiger partial charge in [-0.1, -0.05) is 13.0 Å². The largest absolute Gasteiger partial charge is 0.497 e. The van der Waals surface area contributed by atoms with E-state index in [1.54, 1.807) is 7.11 Å². The maximum Gasteiger partial charge on any atom is 0.134 e. The van der Waals surface area contributed by atoms with Crippen LogP contribution in [0.25, 0.3) is 0 Å². The van der Waals surface area contributed by atoms with Gasteiger partial charge in [0.05, 0.1) is 7.11 Å². The molecule has 134 valence electrons. The molecule has 3 fully saturated rings. The molecule has 3 heteroatoms. The van der Waals surface area contributed by atoms with Crippen LogP contribution in [0.5, 0.6) is 5.75 Å². The van der Waals surface area contributed by atoms with Crippen molar-refractivity contribution in [2.24, 2.45) is 17.8 Å². The molecule has 1 saturated heterocycles.